The second-order valence-electron chi connectivity index (χ2n) is 5.16. The third-order valence-corrected chi connectivity index (χ3v) is 5.40. The third-order valence-electron chi connectivity index (χ3n) is 3.35. The van der Waals surface area contributed by atoms with Crippen LogP contribution in [0.4, 0.5) is 5.69 Å². The van der Waals surface area contributed by atoms with Gasteiger partial charge in [-0.05, 0) is 24.3 Å². The Labute approximate surface area is 168 Å². The molecule has 1 N–H and O–H groups in total. The third kappa shape index (κ3) is 4.29. The van der Waals surface area contributed by atoms with Gasteiger partial charge in [0.05, 0.1) is 26.5 Å². The molecule has 0 bridgehead atoms. The van der Waals surface area contributed by atoms with Gasteiger partial charge in [0.1, 0.15) is 5.69 Å². The van der Waals surface area contributed by atoms with Crippen LogP contribution in [0.2, 0.25) is 15.1 Å². The molecule has 26 heavy (non-hydrogen) atoms. The molecule has 0 saturated heterocycles. The van der Waals surface area contributed by atoms with Gasteiger partial charge in [0.2, 0.25) is 5.91 Å². The summed E-state index contributed by atoms with van der Waals surface area (Å²) in [6.45, 7) is 0. The number of thioether (sulfide) groups is 1. The van der Waals surface area contributed by atoms with Gasteiger partial charge in [0, 0.05) is 13.2 Å². The zero-order valence-electron chi connectivity index (χ0n) is 13.4. The van der Waals surface area contributed by atoms with Crippen LogP contribution >= 0.6 is 46.6 Å². The first-order valence-corrected chi connectivity index (χ1v) is 9.45. The number of carbonyl (C=O) groups is 1. The number of aromatic nitrogens is 4. The molecule has 0 aliphatic heterocycles. The Morgan fingerprint density at radius 2 is 1.92 bits per heavy atom. The van der Waals surface area contributed by atoms with Gasteiger partial charge in [0.25, 0.3) is 0 Å². The maximum Gasteiger partial charge on any atom is 0.234 e. The highest BCUT2D eigenvalue weighted by molar-refractivity contribution is 7.99. The van der Waals surface area contributed by atoms with Gasteiger partial charge < -0.3 is 9.88 Å². The molecule has 3 aromatic rings. The predicted molar refractivity (Wildman–Crippen MR) is 105 cm³/mol. The van der Waals surface area contributed by atoms with Crippen LogP contribution in [-0.4, -0.2) is 31.4 Å². The van der Waals surface area contributed by atoms with Crippen molar-refractivity contribution < 1.29 is 4.79 Å². The van der Waals surface area contributed by atoms with Crippen molar-refractivity contribution in [3.8, 4) is 11.5 Å². The normalized spacial score (nSPS) is 10.8. The Hall–Kier alpha value is -1.80. The predicted octanol–water partition coefficient (Wildman–Crippen LogP) is 4.57. The van der Waals surface area contributed by atoms with Gasteiger partial charge in [-0.25, -0.2) is 0 Å². The Morgan fingerprint density at radius 3 is 2.65 bits per heavy atom. The molecule has 2 aromatic heterocycles. The molecule has 0 radical (unpaired) electrons. The van der Waals surface area contributed by atoms with Crippen molar-refractivity contribution in [3.63, 3.8) is 0 Å². The van der Waals surface area contributed by atoms with Gasteiger partial charge in [0.15, 0.2) is 11.0 Å². The van der Waals surface area contributed by atoms with Crippen LogP contribution in [0.15, 0.2) is 41.7 Å². The first kappa shape index (κ1) is 19.0. The van der Waals surface area contributed by atoms with E-state index in [1.807, 2.05) is 25.2 Å². The lowest BCUT2D eigenvalue weighted by Gasteiger charge is -2.08. The number of benzene rings is 1. The second-order valence-corrected chi connectivity index (χ2v) is 7.33. The zero-order valence-corrected chi connectivity index (χ0v) is 16.5. The first-order valence-electron chi connectivity index (χ1n) is 7.33. The number of hydrogen-bond acceptors (Lipinski definition) is 5. The summed E-state index contributed by atoms with van der Waals surface area (Å²) in [5.41, 5.74) is 1.11. The largest absolute Gasteiger partial charge is 0.324 e. The molecular weight excluding hydrogens is 417 g/mol. The van der Waals surface area contributed by atoms with E-state index in [2.05, 4.69) is 20.5 Å². The summed E-state index contributed by atoms with van der Waals surface area (Å²) in [5, 5.41) is 12.5. The van der Waals surface area contributed by atoms with Crippen LogP contribution in [0.25, 0.3) is 11.5 Å². The van der Waals surface area contributed by atoms with E-state index < -0.39 is 0 Å². The second kappa shape index (κ2) is 8.26. The summed E-state index contributed by atoms with van der Waals surface area (Å²) in [4.78, 5) is 16.4. The maximum atomic E-state index is 12.2. The number of pyridine rings is 1. The number of amides is 1. The van der Waals surface area contributed by atoms with E-state index in [1.54, 1.807) is 10.8 Å². The van der Waals surface area contributed by atoms with Crippen molar-refractivity contribution in [2.75, 3.05) is 11.1 Å². The topological polar surface area (TPSA) is 72.7 Å². The molecular formula is C16H12Cl3N5OS. The zero-order chi connectivity index (χ0) is 18.7. The number of carbonyl (C=O) groups excluding carboxylic acids is 1. The fraction of sp³-hybridized carbons (Fsp3) is 0.125. The van der Waals surface area contributed by atoms with E-state index in [4.69, 9.17) is 34.8 Å². The minimum Gasteiger partial charge on any atom is -0.324 e. The van der Waals surface area contributed by atoms with Crippen molar-refractivity contribution in [3.05, 3.63) is 51.6 Å². The Morgan fingerprint density at radius 1 is 1.15 bits per heavy atom. The fourth-order valence-corrected chi connectivity index (χ4v) is 3.40. The van der Waals surface area contributed by atoms with Crippen LogP contribution in [-0.2, 0) is 11.8 Å². The van der Waals surface area contributed by atoms with Crippen LogP contribution < -0.4 is 5.32 Å². The molecule has 0 spiro atoms. The van der Waals surface area contributed by atoms with Crippen LogP contribution in [0.5, 0.6) is 0 Å². The van der Waals surface area contributed by atoms with Gasteiger partial charge in [-0.3, -0.25) is 9.78 Å². The monoisotopic (exact) mass is 427 g/mol. The van der Waals surface area contributed by atoms with E-state index in [-0.39, 0.29) is 11.7 Å². The van der Waals surface area contributed by atoms with Gasteiger partial charge in [-0.15, -0.1) is 10.2 Å². The van der Waals surface area contributed by atoms with Gasteiger partial charge >= 0.3 is 0 Å². The molecule has 1 aromatic carbocycles. The number of halogens is 3. The van der Waals surface area contributed by atoms with E-state index in [0.29, 0.717) is 37.4 Å². The average molecular weight is 429 g/mol. The lowest BCUT2D eigenvalue weighted by atomic mass is 10.3. The molecule has 10 heteroatoms. The van der Waals surface area contributed by atoms with E-state index in [0.717, 1.165) is 0 Å². The first-order chi connectivity index (χ1) is 12.5. The number of rotatable bonds is 5. The highest BCUT2D eigenvalue weighted by Crippen LogP contribution is 2.32. The summed E-state index contributed by atoms with van der Waals surface area (Å²) < 4.78 is 1.78. The highest BCUT2D eigenvalue weighted by atomic mass is 35.5. The molecule has 0 aliphatic rings. The Balaban J connectivity index is 1.66. The molecule has 0 unspecified atom stereocenters. The smallest absolute Gasteiger partial charge is 0.234 e. The van der Waals surface area contributed by atoms with Crippen molar-refractivity contribution in [1.82, 2.24) is 19.7 Å². The average Bonchev–Trinajstić information content (AvgIpc) is 2.99. The van der Waals surface area contributed by atoms with Crippen molar-refractivity contribution in [1.29, 1.82) is 0 Å². The molecule has 0 aliphatic carbocycles. The van der Waals surface area contributed by atoms with Crippen LogP contribution in [0.1, 0.15) is 0 Å². The van der Waals surface area contributed by atoms with Gasteiger partial charge in [-0.1, -0.05) is 52.6 Å². The molecule has 1 amide bonds. The van der Waals surface area contributed by atoms with Crippen molar-refractivity contribution >= 4 is 58.2 Å². The minimum absolute atomic E-state index is 0.130. The van der Waals surface area contributed by atoms with E-state index >= 15 is 0 Å². The summed E-state index contributed by atoms with van der Waals surface area (Å²) >= 11 is 19.1. The lowest BCUT2D eigenvalue weighted by molar-refractivity contribution is -0.113. The Kier molecular flexibility index (Phi) is 6.03. The molecule has 0 fully saturated rings. The molecule has 0 atom stereocenters. The number of anilines is 1. The lowest BCUT2D eigenvalue weighted by Crippen LogP contribution is -2.14. The van der Waals surface area contributed by atoms with Crippen LogP contribution in [0.3, 0.4) is 0 Å². The maximum absolute atomic E-state index is 12.2. The van der Waals surface area contributed by atoms with E-state index in [1.165, 1.54) is 23.9 Å². The summed E-state index contributed by atoms with van der Waals surface area (Å²) in [7, 11) is 1.82. The standard InChI is InChI=1S/C16H12Cl3N5OS/c1-24-15(12-4-2-3-5-20-12)22-23-16(24)26-8-14(25)21-13-7-10(18)9(17)6-11(13)19/h2-7H,8H2,1H3,(H,21,25). The molecule has 0 saturated carbocycles. The van der Waals surface area contributed by atoms with Crippen molar-refractivity contribution in [2.45, 2.75) is 5.16 Å². The molecule has 3 rings (SSSR count). The van der Waals surface area contributed by atoms with Crippen molar-refractivity contribution in [2.24, 2.45) is 7.05 Å². The highest BCUT2D eigenvalue weighted by Gasteiger charge is 2.14. The summed E-state index contributed by atoms with van der Waals surface area (Å²) in [6, 6.07) is 8.54. The number of nitrogens with zero attached hydrogens (tertiary/aromatic N) is 4. The number of hydrogen-bond donors (Lipinski definition) is 1. The van der Waals surface area contributed by atoms with E-state index in [9.17, 15) is 4.79 Å². The van der Waals surface area contributed by atoms with Crippen LogP contribution in [0, 0.1) is 0 Å². The molecule has 134 valence electrons. The number of nitrogens with one attached hydrogen (secondary N) is 1. The summed E-state index contributed by atoms with van der Waals surface area (Å²) in [5.74, 6) is 0.504. The molecule has 2 heterocycles. The quantitative estimate of drug-likeness (QED) is 0.476. The Bertz CT molecular complexity index is 949. The summed E-state index contributed by atoms with van der Waals surface area (Å²) in [6.07, 6.45) is 1.69. The SMILES string of the molecule is Cn1c(SCC(=O)Nc2cc(Cl)c(Cl)cc2Cl)nnc1-c1ccccn1. The molecule has 6 nitrogen and oxygen atoms in total. The minimum atomic E-state index is -0.252. The fourth-order valence-electron chi connectivity index (χ4n) is 2.09. The van der Waals surface area contributed by atoms with Gasteiger partial charge in [-0.2, -0.15) is 0 Å².